The van der Waals surface area contributed by atoms with Crippen LogP contribution in [-0.2, 0) is 11.3 Å². The van der Waals surface area contributed by atoms with Crippen molar-refractivity contribution in [2.75, 3.05) is 6.61 Å². The third kappa shape index (κ3) is 4.97. The van der Waals surface area contributed by atoms with Crippen LogP contribution in [0.2, 0.25) is 0 Å². The highest BCUT2D eigenvalue weighted by Crippen LogP contribution is 2.15. The lowest BCUT2D eigenvalue weighted by atomic mass is 10.1. The average molecular weight is 410 g/mol. The highest BCUT2D eigenvalue weighted by Gasteiger charge is 2.19. The fraction of sp³-hybridized carbons (Fsp3) is 0.304. The molecule has 0 atom stereocenters. The molecule has 3 rings (SSSR count). The van der Waals surface area contributed by atoms with Crippen LogP contribution in [0.1, 0.15) is 53.5 Å². The Balaban J connectivity index is 1.81. The number of unbranched alkanes of at least 4 members (excludes halogenated alkanes) is 3. The number of aromatic nitrogens is 2. The number of hydrogen-bond acceptors (Lipinski definition) is 5. The first-order valence-electron chi connectivity index (χ1n) is 9.97. The highest BCUT2D eigenvalue weighted by molar-refractivity contribution is 6.04. The monoisotopic (exact) mass is 410 g/mol. The van der Waals surface area contributed by atoms with E-state index >= 15 is 0 Å². The van der Waals surface area contributed by atoms with E-state index in [1.807, 2.05) is 0 Å². The van der Waals surface area contributed by atoms with E-state index in [-0.39, 0.29) is 16.8 Å². The Hall–Kier alpha value is -3.35. The van der Waals surface area contributed by atoms with Gasteiger partial charge in [-0.2, -0.15) is 5.10 Å². The molecule has 0 bridgehead atoms. The molecule has 3 aromatic rings. The van der Waals surface area contributed by atoms with Gasteiger partial charge in [0.1, 0.15) is 5.82 Å². The van der Waals surface area contributed by atoms with Crippen LogP contribution < -0.4 is 5.56 Å². The van der Waals surface area contributed by atoms with Gasteiger partial charge in [-0.3, -0.25) is 9.59 Å². The molecule has 30 heavy (non-hydrogen) atoms. The molecule has 0 radical (unpaired) electrons. The molecule has 0 spiro atoms. The Labute approximate surface area is 173 Å². The number of halogens is 1. The molecule has 0 unspecified atom stereocenters. The lowest BCUT2D eigenvalue weighted by Crippen LogP contribution is -2.27. The Morgan fingerprint density at radius 3 is 2.40 bits per heavy atom. The maximum Gasteiger partial charge on any atom is 0.359 e. The maximum absolute atomic E-state index is 13.0. The van der Waals surface area contributed by atoms with Gasteiger partial charge in [0.25, 0.3) is 5.56 Å². The Bertz CT molecular complexity index is 1110. The van der Waals surface area contributed by atoms with E-state index in [2.05, 4.69) is 12.0 Å². The predicted molar refractivity (Wildman–Crippen MR) is 111 cm³/mol. The number of ether oxygens (including phenoxy) is 1. The molecule has 0 aliphatic carbocycles. The number of rotatable bonds is 9. The number of aryl methyl sites for hydroxylation is 1. The van der Waals surface area contributed by atoms with Crippen LogP contribution in [0.4, 0.5) is 4.39 Å². The van der Waals surface area contributed by atoms with Gasteiger partial charge in [0, 0.05) is 17.5 Å². The summed E-state index contributed by atoms with van der Waals surface area (Å²) in [5.74, 6) is -1.70. The van der Waals surface area contributed by atoms with Gasteiger partial charge in [-0.25, -0.2) is 13.9 Å². The molecule has 0 amide bonds. The van der Waals surface area contributed by atoms with Gasteiger partial charge in [0.2, 0.25) is 0 Å². The van der Waals surface area contributed by atoms with Crippen LogP contribution in [-0.4, -0.2) is 28.1 Å². The fourth-order valence-electron chi connectivity index (χ4n) is 3.14. The summed E-state index contributed by atoms with van der Waals surface area (Å²) in [5, 5.41) is 4.98. The molecule has 1 aromatic heterocycles. The maximum atomic E-state index is 13.0. The molecule has 0 saturated carbocycles. The third-order valence-corrected chi connectivity index (χ3v) is 4.79. The Morgan fingerprint density at radius 1 is 1.00 bits per heavy atom. The molecule has 0 aliphatic rings. The molecule has 0 saturated heterocycles. The van der Waals surface area contributed by atoms with Crippen molar-refractivity contribution in [2.24, 2.45) is 0 Å². The minimum absolute atomic E-state index is 0.00685. The van der Waals surface area contributed by atoms with Crippen LogP contribution in [0.15, 0.2) is 53.3 Å². The number of benzene rings is 2. The first-order chi connectivity index (χ1) is 14.5. The van der Waals surface area contributed by atoms with E-state index in [1.165, 1.54) is 28.9 Å². The predicted octanol–water partition coefficient (Wildman–Crippen LogP) is 4.16. The number of ketones is 1. The number of fused-ring (bicyclic) bond motifs is 1. The normalized spacial score (nSPS) is 10.9. The van der Waals surface area contributed by atoms with Gasteiger partial charge in [0.15, 0.2) is 18.1 Å². The summed E-state index contributed by atoms with van der Waals surface area (Å²) < 4.78 is 19.5. The molecule has 0 N–H and O–H groups in total. The summed E-state index contributed by atoms with van der Waals surface area (Å²) in [7, 11) is 0. The summed E-state index contributed by atoms with van der Waals surface area (Å²) in [6.45, 7) is 2.00. The second-order valence-corrected chi connectivity index (χ2v) is 6.99. The number of carbonyl (C=O) groups excluding carboxylic acids is 2. The van der Waals surface area contributed by atoms with Gasteiger partial charge < -0.3 is 4.74 Å². The lowest BCUT2D eigenvalue weighted by Gasteiger charge is -2.11. The zero-order valence-electron chi connectivity index (χ0n) is 16.8. The molecule has 2 aromatic carbocycles. The molecule has 156 valence electrons. The minimum atomic E-state index is -0.788. The van der Waals surface area contributed by atoms with Gasteiger partial charge >= 0.3 is 5.97 Å². The van der Waals surface area contributed by atoms with Gasteiger partial charge in [-0.1, -0.05) is 44.4 Å². The molecule has 0 fully saturated rings. The average Bonchev–Trinajstić information content (AvgIpc) is 2.76. The SMILES string of the molecule is CCCCCCn1nc(C(=O)OCC(=O)c2ccc(F)cc2)c2ccccc2c1=O. The standard InChI is InChI=1S/C23H23FN2O4/c1-2-3-4-7-14-26-22(28)19-9-6-5-8-18(19)21(25-26)23(29)30-15-20(27)16-10-12-17(24)13-11-16/h5-6,8-13H,2-4,7,14-15H2,1H3. The molecule has 6 nitrogen and oxygen atoms in total. The Kier molecular flexibility index (Phi) is 7.06. The molecular formula is C23H23FN2O4. The number of nitrogens with zero attached hydrogens (tertiary/aromatic N) is 2. The lowest BCUT2D eigenvalue weighted by molar-refractivity contribution is 0.0468. The van der Waals surface area contributed by atoms with Crippen molar-refractivity contribution in [1.82, 2.24) is 9.78 Å². The van der Waals surface area contributed by atoms with E-state index in [4.69, 9.17) is 4.74 Å². The topological polar surface area (TPSA) is 78.3 Å². The number of hydrogen-bond donors (Lipinski definition) is 0. The van der Waals surface area contributed by atoms with E-state index in [0.29, 0.717) is 17.3 Å². The number of carbonyl (C=O) groups is 2. The van der Waals surface area contributed by atoms with Crippen molar-refractivity contribution in [3.63, 3.8) is 0 Å². The highest BCUT2D eigenvalue weighted by atomic mass is 19.1. The second kappa shape index (κ2) is 9.91. The summed E-state index contributed by atoms with van der Waals surface area (Å²) >= 11 is 0. The van der Waals surface area contributed by atoms with Crippen molar-refractivity contribution in [1.29, 1.82) is 0 Å². The first kappa shape index (κ1) is 21.4. The molecular weight excluding hydrogens is 387 g/mol. The zero-order valence-corrected chi connectivity index (χ0v) is 16.8. The number of Topliss-reactive ketones (excluding diaryl/α,β-unsaturated/α-hetero) is 1. The first-order valence-corrected chi connectivity index (χ1v) is 9.97. The summed E-state index contributed by atoms with van der Waals surface area (Å²) in [6, 6.07) is 11.7. The second-order valence-electron chi connectivity index (χ2n) is 6.99. The fourth-order valence-corrected chi connectivity index (χ4v) is 3.14. The van der Waals surface area contributed by atoms with Crippen LogP contribution >= 0.6 is 0 Å². The van der Waals surface area contributed by atoms with Gasteiger partial charge in [0.05, 0.1) is 5.39 Å². The van der Waals surface area contributed by atoms with Gasteiger partial charge in [-0.15, -0.1) is 0 Å². The van der Waals surface area contributed by atoms with Crippen LogP contribution in [0.5, 0.6) is 0 Å². The van der Waals surface area contributed by atoms with Crippen molar-refractivity contribution in [2.45, 2.75) is 39.2 Å². The van der Waals surface area contributed by atoms with Crippen molar-refractivity contribution >= 4 is 22.5 Å². The quantitative estimate of drug-likeness (QED) is 0.301. The van der Waals surface area contributed by atoms with Gasteiger partial charge in [-0.05, 0) is 36.8 Å². The molecule has 7 heteroatoms. The van der Waals surface area contributed by atoms with Crippen LogP contribution in [0, 0.1) is 5.82 Å². The third-order valence-electron chi connectivity index (χ3n) is 4.79. The molecule has 1 heterocycles. The van der Waals surface area contributed by atoms with E-state index < -0.39 is 24.2 Å². The summed E-state index contributed by atoms with van der Waals surface area (Å²) in [6.07, 6.45) is 3.86. The van der Waals surface area contributed by atoms with E-state index in [9.17, 15) is 18.8 Å². The largest absolute Gasteiger partial charge is 0.452 e. The van der Waals surface area contributed by atoms with Crippen LogP contribution in [0.25, 0.3) is 10.8 Å². The van der Waals surface area contributed by atoms with Crippen molar-refractivity contribution in [3.05, 3.63) is 76.0 Å². The summed E-state index contributed by atoms with van der Waals surface area (Å²) in [5.41, 5.74) is -0.0310. The summed E-state index contributed by atoms with van der Waals surface area (Å²) in [4.78, 5) is 37.6. The smallest absolute Gasteiger partial charge is 0.359 e. The Morgan fingerprint density at radius 2 is 1.70 bits per heavy atom. The van der Waals surface area contributed by atoms with Crippen LogP contribution in [0.3, 0.4) is 0 Å². The minimum Gasteiger partial charge on any atom is -0.452 e. The van der Waals surface area contributed by atoms with E-state index in [1.54, 1.807) is 24.3 Å². The van der Waals surface area contributed by atoms with Crippen molar-refractivity contribution < 1.29 is 18.7 Å². The van der Waals surface area contributed by atoms with E-state index in [0.717, 1.165) is 25.7 Å². The van der Waals surface area contributed by atoms with Crippen molar-refractivity contribution in [3.8, 4) is 0 Å². The molecule has 0 aliphatic heterocycles. The zero-order chi connectivity index (χ0) is 21.5. The number of esters is 1.